The predicted octanol–water partition coefficient (Wildman–Crippen LogP) is 2.21. The van der Waals surface area contributed by atoms with Crippen molar-refractivity contribution in [1.29, 1.82) is 0 Å². The van der Waals surface area contributed by atoms with Gasteiger partial charge in [-0.05, 0) is 38.5 Å². The SMILES string of the molecule is O[C@@H]1CCC[C@H](NC2CCCCC2)C1. The van der Waals surface area contributed by atoms with Gasteiger partial charge in [0.25, 0.3) is 0 Å². The molecule has 0 spiro atoms. The van der Waals surface area contributed by atoms with E-state index in [4.69, 9.17) is 0 Å². The molecule has 2 heteroatoms. The number of rotatable bonds is 2. The van der Waals surface area contributed by atoms with Crippen molar-refractivity contribution in [2.24, 2.45) is 0 Å². The highest BCUT2D eigenvalue weighted by molar-refractivity contribution is 4.82. The first-order chi connectivity index (χ1) is 6.84. The Kier molecular flexibility index (Phi) is 3.82. The molecule has 0 unspecified atom stereocenters. The molecule has 2 atom stereocenters. The lowest BCUT2D eigenvalue weighted by Gasteiger charge is -2.32. The van der Waals surface area contributed by atoms with E-state index in [1.165, 1.54) is 44.9 Å². The average molecular weight is 197 g/mol. The van der Waals surface area contributed by atoms with Gasteiger partial charge in [-0.3, -0.25) is 0 Å². The van der Waals surface area contributed by atoms with Crippen LogP contribution in [0.1, 0.15) is 57.8 Å². The van der Waals surface area contributed by atoms with Crippen molar-refractivity contribution >= 4 is 0 Å². The van der Waals surface area contributed by atoms with Gasteiger partial charge >= 0.3 is 0 Å². The van der Waals surface area contributed by atoms with Gasteiger partial charge in [0, 0.05) is 12.1 Å². The van der Waals surface area contributed by atoms with E-state index in [2.05, 4.69) is 5.32 Å². The zero-order valence-corrected chi connectivity index (χ0v) is 9.04. The molecular formula is C12H23NO. The molecule has 2 N–H and O–H groups in total. The Morgan fingerprint density at radius 2 is 1.50 bits per heavy atom. The van der Waals surface area contributed by atoms with Gasteiger partial charge in [0.05, 0.1) is 6.10 Å². The fourth-order valence-corrected chi connectivity index (χ4v) is 2.92. The number of aliphatic hydroxyl groups is 1. The molecule has 0 aromatic rings. The lowest BCUT2D eigenvalue weighted by Crippen LogP contribution is -2.43. The molecule has 0 aromatic carbocycles. The Bertz CT molecular complexity index is 166. The molecule has 2 rings (SSSR count). The van der Waals surface area contributed by atoms with E-state index in [9.17, 15) is 5.11 Å². The first-order valence-electron chi connectivity index (χ1n) is 6.29. The van der Waals surface area contributed by atoms with Gasteiger partial charge in [-0.15, -0.1) is 0 Å². The van der Waals surface area contributed by atoms with Gasteiger partial charge in [0.1, 0.15) is 0 Å². The van der Waals surface area contributed by atoms with Gasteiger partial charge in [-0.2, -0.15) is 0 Å². The monoisotopic (exact) mass is 197 g/mol. The van der Waals surface area contributed by atoms with E-state index in [0.717, 1.165) is 18.9 Å². The zero-order chi connectivity index (χ0) is 9.80. The zero-order valence-electron chi connectivity index (χ0n) is 9.04. The highest BCUT2D eigenvalue weighted by atomic mass is 16.3. The Labute approximate surface area is 87.1 Å². The topological polar surface area (TPSA) is 32.3 Å². The molecule has 2 nitrogen and oxygen atoms in total. The first kappa shape index (κ1) is 10.4. The summed E-state index contributed by atoms with van der Waals surface area (Å²) >= 11 is 0. The van der Waals surface area contributed by atoms with Crippen LogP contribution in [-0.2, 0) is 0 Å². The lowest BCUT2D eigenvalue weighted by molar-refractivity contribution is 0.106. The summed E-state index contributed by atoms with van der Waals surface area (Å²) in [5.41, 5.74) is 0. The van der Waals surface area contributed by atoms with Crippen molar-refractivity contribution in [2.75, 3.05) is 0 Å². The molecule has 2 aliphatic rings. The molecule has 0 aliphatic heterocycles. The third kappa shape index (κ3) is 2.96. The lowest BCUT2D eigenvalue weighted by atomic mass is 9.90. The summed E-state index contributed by atoms with van der Waals surface area (Å²) in [6.07, 6.45) is 11.4. The molecule has 0 amide bonds. The smallest absolute Gasteiger partial charge is 0.0555 e. The van der Waals surface area contributed by atoms with Gasteiger partial charge in [-0.1, -0.05) is 19.3 Å². The van der Waals surface area contributed by atoms with Crippen molar-refractivity contribution in [3.8, 4) is 0 Å². The second-order valence-corrected chi connectivity index (χ2v) is 5.02. The second kappa shape index (κ2) is 5.13. The van der Waals surface area contributed by atoms with Gasteiger partial charge in [0.15, 0.2) is 0 Å². The number of hydrogen-bond donors (Lipinski definition) is 2. The highest BCUT2D eigenvalue weighted by Crippen LogP contribution is 2.22. The van der Waals surface area contributed by atoms with Crippen LogP contribution in [0.25, 0.3) is 0 Å². The highest BCUT2D eigenvalue weighted by Gasteiger charge is 2.23. The third-order valence-electron chi connectivity index (χ3n) is 3.72. The molecular weight excluding hydrogens is 174 g/mol. The first-order valence-corrected chi connectivity index (χ1v) is 6.29. The molecule has 0 heterocycles. The minimum Gasteiger partial charge on any atom is -0.393 e. The molecule has 2 fully saturated rings. The fourth-order valence-electron chi connectivity index (χ4n) is 2.92. The largest absolute Gasteiger partial charge is 0.393 e. The van der Waals surface area contributed by atoms with E-state index in [1.54, 1.807) is 0 Å². The minimum atomic E-state index is -0.0372. The van der Waals surface area contributed by atoms with Crippen LogP contribution in [0.5, 0.6) is 0 Å². The van der Waals surface area contributed by atoms with Crippen molar-refractivity contribution < 1.29 is 5.11 Å². The van der Waals surface area contributed by atoms with Crippen molar-refractivity contribution in [1.82, 2.24) is 5.32 Å². The summed E-state index contributed by atoms with van der Waals surface area (Å²) < 4.78 is 0. The molecule has 2 aliphatic carbocycles. The summed E-state index contributed by atoms with van der Waals surface area (Å²) in [5, 5.41) is 13.3. The molecule has 0 aromatic heterocycles. The van der Waals surface area contributed by atoms with Crippen LogP contribution in [0, 0.1) is 0 Å². The van der Waals surface area contributed by atoms with Gasteiger partial charge in [-0.25, -0.2) is 0 Å². The van der Waals surface area contributed by atoms with Gasteiger partial charge in [0.2, 0.25) is 0 Å². The van der Waals surface area contributed by atoms with Crippen molar-refractivity contribution in [2.45, 2.75) is 76.0 Å². The Balaban J connectivity index is 1.72. The molecule has 2 saturated carbocycles. The third-order valence-corrected chi connectivity index (χ3v) is 3.72. The Hall–Kier alpha value is -0.0800. The van der Waals surface area contributed by atoms with Crippen LogP contribution in [0.4, 0.5) is 0 Å². The summed E-state index contributed by atoms with van der Waals surface area (Å²) in [6, 6.07) is 1.35. The van der Waals surface area contributed by atoms with E-state index in [-0.39, 0.29) is 6.10 Å². The van der Waals surface area contributed by atoms with Crippen molar-refractivity contribution in [3.63, 3.8) is 0 Å². The number of aliphatic hydroxyl groups excluding tert-OH is 1. The summed E-state index contributed by atoms with van der Waals surface area (Å²) in [4.78, 5) is 0. The second-order valence-electron chi connectivity index (χ2n) is 5.02. The van der Waals surface area contributed by atoms with Crippen LogP contribution in [0.3, 0.4) is 0 Å². The van der Waals surface area contributed by atoms with Crippen molar-refractivity contribution in [3.05, 3.63) is 0 Å². The maximum atomic E-state index is 9.57. The standard InChI is InChI=1S/C12H23NO/c14-12-8-4-7-11(9-12)13-10-5-2-1-3-6-10/h10-14H,1-9H2/t11-,12+/m0/s1. The molecule has 14 heavy (non-hydrogen) atoms. The van der Waals surface area contributed by atoms with Crippen LogP contribution in [0.15, 0.2) is 0 Å². The van der Waals surface area contributed by atoms with E-state index >= 15 is 0 Å². The maximum Gasteiger partial charge on any atom is 0.0555 e. The molecule has 82 valence electrons. The fraction of sp³-hybridized carbons (Fsp3) is 1.00. The number of nitrogens with one attached hydrogen (secondary N) is 1. The Morgan fingerprint density at radius 1 is 0.786 bits per heavy atom. The quantitative estimate of drug-likeness (QED) is 0.711. The van der Waals surface area contributed by atoms with E-state index < -0.39 is 0 Å². The van der Waals surface area contributed by atoms with E-state index in [1.807, 2.05) is 0 Å². The van der Waals surface area contributed by atoms with Crippen LogP contribution >= 0.6 is 0 Å². The minimum absolute atomic E-state index is 0.0372. The van der Waals surface area contributed by atoms with Crippen LogP contribution in [-0.4, -0.2) is 23.3 Å². The number of hydrogen-bond acceptors (Lipinski definition) is 2. The molecule has 0 bridgehead atoms. The summed E-state index contributed by atoms with van der Waals surface area (Å²) in [7, 11) is 0. The normalized spacial score (nSPS) is 35.8. The maximum absolute atomic E-state index is 9.57. The van der Waals surface area contributed by atoms with Gasteiger partial charge < -0.3 is 10.4 Å². The summed E-state index contributed by atoms with van der Waals surface area (Å²) in [5.74, 6) is 0. The van der Waals surface area contributed by atoms with Crippen LogP contribution in [0.2, 0.25) is 0 Å². The Morgan fingerprint density at radius 3 is 2.21 bits per heavy atom. The summed E-state index contributed by atoms with van der Waals surface area (Å²) in [6.45, 7) is 0. The molecule has 0 radical (unpaired) electrons. The van der Waals surface area contributed by atoms with E-state index in [0.29, 0.717) is 6.04 Å². The predicted molar refractivity (Wildman–Crippen MR) is 58.3 cm³/mol. The average Bonchev–Trinajstić information content (AvgIpc) is 2.19. The molecule has 0 saturated heterocycles. The van der Waals surface area contributed by atoms with Crippen LogP contribution < -0.4 is 5.32 Å².